The molecule has 6 nitrogen and oxygen atoms in total. The summed E-state index contributed by atoms with van der Waals surface area (Å²) in [5.41, 5.74) is 1.83. The first-order chi connectivity index (χ1) is 12.2. The van der Waals surface area contributed by atoms with Crippen LogP contribution in [0.15, 0.2) is 54.6 Å². The number of carbonyl (C=O) groups excluding carboxylic acids is 2. The smallest absolute Gasteiger partial charge is 0.338 e. The molecule has 0 atom stereocenters. The Balaban J connectivity index is 1.86. The highest BCUT2D eigenvalue weighted by Gasteiger charge is 2.14. The molecule has 26 heavy (non-hydrogen) atoms. The van der Waals surface area contributed by atoms with Crippen molar-refractivity contribution >= 4 is 21.7 Å². The van der Waals surface area contributed by atoms with Crippen LogP contribution in [0.4, 0.5) is 0 Å². The molecule has 0 heterocycles. The van der Waals surface area contributed by atoms with Crippen molar-refractivity contribution in [2.45, 2.75) is 12.3 Å². The molecule has 0 saturated heterocycles. The van der Waals surface area contributed by atoms with Crippen LogP contribution < -0.4 is 0 Å². The molecule has 0 aliphatic heterocycles. The minimum atomic E-state index is -3.13. The Morgan fingerprint density at radius 1 is 0.962 bits per heavy atom. The average Bonchev–Trinajstić information content (AvgIpc) is 2.59. The van der Waals surface area contributed by atoms with Gasteiger partial charge in [-0.15, -0.1) is 0 Å². The number of amides is 1. The normalized spacial score (nSPS) is 11.0. The zero-order chi connectivity index (χ0) is 19.2. The third-order valence-corrected chi connectivity index (χ3v) is 4.49. The lowest BCUT2D eigenvalue weighted by molar-refractivity contribution is -0.133. The van der Waals surface area contributed by atoms with E-state index in [1.165, 1.54) is 17.0 Å². The van der Waals surface area contributed by atoms with Gasteiger partial charge < -0.3 is 9.64 Å². The van der Waals surface area contributed by atoms with Gasteiger partial charge in [-0.3, -0.25) is 4.79 Å². The lowest BCUT2D eigenvalue weighted by atomic mass is 10.1. The van der Waals surface area contributed by atoms with Gasteiger partial charge in [0.2, 0.25) is 0 Å². The summed E-state index contributed by atoms with van der Waals surface area (Å²) in [4.78, 5) is 25.6. The van der Waals surface area contributed by atoms with Gasteiger partial charge in [-0.2, -0.15) is 0 Å². The van der Waals surface area contributed by atoms with E-state index in [2.05, 4.69) is 0 Å². The van der Waals surface area contributed by atoms with Crippen LogP contribution in [-0.4, -0.2) is 45.1 Å². The number of benzene rings is 2. The van der Waals surface area contributed by atoms with Crippen LogP contribution in [0.2, 0.25) is 0 Å². The zero-order valence-corrected chi connectivity index (χ0v) is 15.5. The molecule has 138 valence electrons. The number of rotatable bonds is 7. The van der Waals surface area contributed by atoms with E-state index in [4.69, 9.17) is 4.74 Å². The highest BCUT2D eigenvalue weighted by Crippen LogP contribution is 2.09. The van der Waals surface area contributed by atoms with Gasteiger partial charge in [-0.25, -0.2) is 13.2 Å². The Hall–Kier alpha value is -2.67. The second-order valence-corrected chi connectivity index (χ2v) is 8.22. The van der Waals surface area contributed by atoms with Gasteiger partial charge in [0.05, 0.1) is 11.3 Å². The Kier molecular flexibility index (Phi) is 6.52. The predicted octanol–water partition coefficient (Wildman–Crippen LogP) is 2.05. The Morgan fingerprint density at radius 3 is 2.15 bits per heavy atom. The molecular formula is C19H21NO5S. The number of hydrogen-bond acceptors (Lipinski definition) is 5. The van der Waals surface area contributed by atoms with Crippen molar-refractivity contribution in [3.63, 3.8) is 0 Å². The van der Waals surface area contributed by atoms with Gasteiger partial charge in [0.1, 0.15) is 0 Å². The van der Waals surface area contributed by atoms with Crippen LogP contribution in [0.5, 0.6) is 0 Å². The summed E-state index contributed by atoms with van der Waals surface area (Å²) >= 11 is 0. The van der Waals surface area contributed by atoms with Crippen molar-refractivity contribution in [3.8, 4) is 0 Å². The molecular weight excluding hydrogens is 354 g/mol. The molecule has 2 rings (SSSR count). The summed E-state index contributed by atoms with van der Waals surface area (Å²) in [5.74, 6) is -1.03. The van der Waals surface area contributed by atoms with Gasteiger partial charge >= 0.3 is 5.97 Å². The number of sulfone groups is 1. The quantitative estimate of drug-likeness (QED) is 0.692. The predicted molar refractivity (Wildman–Crippen MR) is 98.2 cm³/mol. The number of esters is 1. The Labute approximate surface area is 153 Å². The number of ether oxygens (including phenoxy) is 1. The van der Waals surface area contributed by atoms with E-state index >= 15 is 0 Å². The second kappa shape index (κ2) is 8.62. The molecule has 0 radical (unpaired) electrons. The highest BCUT2D eigenvalue weighted by atomic mass is 32.2. The van der Waals surface area contributed by atoms with Gasteiger partial charge in [0, 0.05) is 19.8 Å². The first-order valence-electron chi connectivity index (χ1n) is 7.96. The van der Waals surface area contributed by atoms with Gasteiger partial charge in [-0.1, -0.05) is 42.5 Å². The third-order valence-electron chi connectivity index (χ3n) is 3.63. The lowest BCUT2D eigenvalue weighted by Crippen LogP contribution is -2.30. The van der Waals surface area contributed by atoms with E-state index in [0.717, 1.165) is 11.8 Å². The van der Waals surface area contributed by atoms with Crippen LogP contribution in [0, 0.1) is 0 Å². The molecule has 7 heteroatoms. The summed E-state index contributed by atoms with van der Waals surface area (Å²) in [6.45, 7) is 0.0741. The van der Waals surface area contributed by atoms with E-state index in [9.17, 15) is 18.0 Å². The Morgan fingerprint density at radius 2 is 1.58 bits per heavy atom. The third kappa shape index (κ3) is 6.33. The minimum absolute atomic E-state index is 0.0922. The second-order valence-electron chi connectivity index (χ2n) is 6.08. The zero-order valence-electron chi connectivity index (χ0n) is 14.7. The van der Waals surface area contributed by atoms with Gasteiger partial charge in [0.15, 0.2) is 16.4 Å². The number of nitrogens with zero attached hydrogens (tertiary/aromatic N) is 1. The average molecular weight is 375 g/mol. The van der Waals surface area contributed by atoms with Crippen molar-refractivity contribution in [1.82, 2.24) is 4.90 Å². The van der Waals surface area contributed by atoms with Crippen LogP contribution >= 0.6 is 0 Å². The number of hydrogen-bond donors (Lipinski definition) is 0. The largest absolute Gasteiger partial charge is 0.452 e. The van der Waals surface area contributed by atoms with Crippen molar-refractivity contribution in [1.29, 1.82) is 0 Å². The van der Waals surface area contributed by atoms with E-state index in [1.807, 2.05) is 30.3 Å². The fourth-order valence-corrected chi connectivity index (χ4v) is 3.10. The molecule has 1 amide bonds. The Bertz CT molecular complexity index is 861. The maximum atomic E-state index is 12.1. The molecule has 0 aliphatic carbocycles. The van der Waals surface area contributed by atoms with Crippen LogP contribution in [0.3, 0.4) is 0 Å². The first-order valence-corrected chi connectivity index (χ1v) is 10.0. The minimum Gasteiger partial charge on any atom is -0.452 e. The summed E-state index contributed by atoms with van der Waals surface area (Å²) in [7, 11) is -1.49. The number of carbonyl (C=O) groups is 2. The summed E-state index contributed by atoms with van der Waals surface area (Å²) in [6.07, 6.45) is 1.15. The molecule has 0 bridgehead atoms. The van der Waals surface area contributed by atoms with Gasteiger partial charge in [-0.05, 0) is 23.3 Å². The van der Waals surface area contributed by atoms with Crippen molar-refractivity contribution < 1.29 is 22.7 Å². The molecule has 0 spiro atoms. The summed E-state index contributed by atoms with van der Waals surface area (Å²) < 4.78 is 27.6. The van der Waals surface area contributed by atoms with Gasteiger partial charge in [0.25, 0.3) is 5.91 Å². The van der Waals surface area contributed by atoms with E-state index in [0.29, 0.717) is 12.1 Å². The van der Waals surface area contributed by atoms with E-state index in [1.54, 1.807) is 19.2 Å². The molecule has 0 unspecified atom stereocenters. The monoisotopic (exact) mass is 375 g/mol. The summed E-state index contributed by atoms with van der Waals surface area (Å²) in [5, 5.41) is 0. The lowest BCUT2D eigenvalue weighted by Gasteiger charge is -2.17. The fraction of sp³-hybridized carbons (Fsp3) is 0.263. The topological polar surface area (TPSA) is 80.8 Å². The standard InChI is InChI=1S/C19H21NO5S/c1-20(12-15-6-4-3-5-7-15)18(21)13-25-19(22)17-10-8-16(9-11-17)14-26(2,23)24/h3-11H,12-14H2,1-2H3. The SMILES string of the molecule is CN(Cc1ccccc1)C(=O)COC(=O)c1ccc(CS(C)(=O)=O)cc1. The van der Waals surface area contributed by atoms with Crippen molar-refractivity contribution in [3.05, 3.63) is 71.3 Å². The molecule has 0 aromatic heterocycles. The summed E-state index contributed by atoms with van der Waals surface area (Å²) in [6, 6.07) is 15.6. The van der Waals surface area contributed by atoms with Crippen molar-refractivity contribution in [2.24, 2.45) is 0 Å². The number of likely N-dealkylation sites (N-methyl/N-ethyl adjacent to an activating group) is 1. The molecule has 0 fully saturated rings. The van der Waals surface area contributed by atoms with E-state index < -0.39 is 15.8 Å². The molecule has 2 aromatic rings. The van der Waals surface area contributed by atoms with E-state index in [-0.39, 0.29) is 23.8 Å². The highest BCUT2D eigenvalue weighted by molar-refractivity contribution is 7.89. The van der Waals surface area contributed by atoms with Crippen LogP contribution in [0.25, 0.3) is 0 Å². The maximum absolute atomic E-state index is 12.1. The molecule has 0 aliphatic rings. The first kappa shape index (κ1) is 19.7. The van der Waals surface area contributed by atoms with Crippen LogP contribution in [-0.2, 0) is 31.7 Å². The molecule has 0 N–H and O–H groups in total. The maximum Gasteiger partial charge on any atom is 0.338 e. The molecule has 2 aromatic carbocycles. The molecule has 0 saturated carbocycles. The fourth-order valence-electron chi connectivity index (χ4n) is 2.31. The van der Waals surface area contributed by atoms with Crippen molar-refractivity contribution in [2.75, 3.05) is 19.9 Å². The van der Waals surface area contributed by atoms with Crippen LogP contribution in [0.1, 0.15) is 21.5 Å².